The van der Waals surface area contributed by atoms with Crippen molar-refractivity contribution in [1.82, 2.24) is 5.32 Å². The summed E-state index contributed by atoms with van der Waals surface area (Å²) in [5.74, 6) is 0.699. The van der Waals surface area contributed by atoms with E-state index in [4.69, 9.17) is 4.74 Å². The van der Waals surface area contributed by atoms with E-state index < -0.39 is 6.10 Å². The molecule has 27 heavy (non-hydrogen) atoms. The standard InChI is InChI=1S/C24H33NO2/c1-8-21(27-22-11-9-10-16(2)17(22)3)23(26)25-18(4)19-12-14-20(15-13-19)24(5,6)7/h9-15,18,21H,8H2,1-7H3,(H,25,26). The maximum Gasteiger partial charge on any atom is 0.261 e. The summed E-state index contributed by atoms with van der Waals surface area (Å²) >= 11 is 0. The van der Waals surface area contributed by atoms with Crippen molar-refractivity contribution >= 4 is 5.91 Å². The molecule has 0 saturated carbocycles. The van der Waals surface area contributed by atoms with Crippen molar-refractivity contribution in [2.45, 2.75) is 72.4 Å². The number of carbonyl (C=O) groups excluding carboxylic acids is 1. The van der Waals surface area contributed by atoms with Crippen LogP contribution in [0, 0.1) is 13.8 Å². The monoisotopic (exact) mass is 367 g/mol. The normalized spacial score (nSPS) is 13.7. The van der Waals surface area contributed by atoms with Crippen molar-refractivity contribution in [3.8, 4) is 5.75 Å². The highest BCUT2D eigenvalue weighted by Crippen LogP contribution is 2.25. The first kappa shape index (κ1) is 21.0. The number of aryl methyl sites for hydroxylation is 1. The molecule has 0 aliphatic heterocycles. The predicted octanol–water partition coefficient (Wildman–Crippen LogP) is 5.64. The zero-order valence-corrected chi connectivity index (χ0v) is 17.7. The van der Waals surface area contributed by atoms with E-state index in [1.54, 1.807) is 0 Å². The van der Waals surface area contributed by atoms with Crippen LogP contribution in [0.4, 0.5) is 0 Å². The van der Waals surface area contributed by atoms with Crippen LogP contribution in [0.5, 0.6) is 5.75 Å². The summed E-state index contributed by atoms with van der Waals surface area (Å²) in [4.78, 5) is 12.7. The number of ether oxygens (including phenoxy) is 1. The molecule has 0 radical (unpaired) electrons. The van der Waals surface area contributed by atoms with Crippen molar-refractivity contribution in [2.75, 3.05) is 0 Å². The summed E-state index contributed by atoms with van der Waals surface area (Å²) < 4.78 is 6.03. The fraction of sp³-hybridized carbons (Fsp3) is 0.458. The Labute approximate surface area is 164 Å². The zero-order valence-electron chi connectivity index (χ0n) is 17.7. The molecule has 0 fully saturated rings. The van der Waals surface area contributed by atoms with Gasteiger partial charge in [0, 0.05) is 0 Å². The summed E-state index contributed by atoms with van der Waals surface area (Å²) in [5, 5.41) is 3.10. The van der Waals surface area contributed by atoms with Crippen LogP contribution in [0.1, 0.15) is 69.3 Å². The van der Waals surface area contributed by atoms with Gasteiger partial charge in [-0.2, -0.15) is 0 Å². The molecule has 0 aromatic heterocycles. The lowest BCUT2D eigenvalue weighted by atomic mass is 9.86. The van der Waals surface area contributed by atoms with Gasteiger partial charge in [-0.1, -0.05) is 64.1 Å². The Bertz CT molecular complexity index is 772. The second-order valence-corrected chi connectivity index (χ2v) is 8.32. The fourth-order valence-corrected chi connectivity index (χ4v) is 2.99. The molecule has 0 aliphatic rings. The smallest absolute Gasteiger partial charge is 0.261 e. The minimum absolute atomic E-state index is 0.0669. The number of hydrogen-bond acceptors (Lipinski definition) is 2. The summed E-state index contributed by atoms with van der Waals surface area (Å²) in [6.07, 6.45) is 0.122. The summed E-state index contributed by atoms with van der Waals surface area (Å²) in [5.41, 5.74) is 4.75. The molecular formula is C24H33NO2. The van der Waals surface area contributed by atoms with Gasteiger partial charge in [-0.15, -0.1) is 0 Å². The third-order valence-electron chi connectivity index (χ3n) is 5.12. The first-order valence-electron chi connectivity index (χ1n) is 9.77. The number of rotatable bonds is 6. The van der Waals surface area contributed by atoms with E-state index in [0.717, 1.165) is 22.4 Å². The van der Waals surface area contributed by atoms with Crippen molar-refractivity contribution in [3.05, 3.63) is 64.7 Å². The molecule has 0 bridgehead atoms. The van der Waals surface area contributed by atoms with Crippen LogP contribution in [0.25, 0.3) is 0 Å². The van der Waals surface area contributed by atoms with Crippen LogP contribution in [-0.2, 0) is 10.2 Å². The van der Waals surface area contributed by atoms with Crippen LogP contribution in [0.15, 0.2) is 42.5 Å². The topological polar surface area (TPSA) is 38.3 Å². The maximum absolute atomic E-state index is 12.7. The van der Waals surface area contributed by atoms with Gasteiger partial charge in [0.15, 0.2) is 6.10 Å². The Hall–Kier alpha value is -2.29. The van der Waals surface area contributed by atoms with Crippen LogP contribution >= 0.6 is 0 Å². The number of amides is 1. The highest BCUT2D eigenvalue weighted by molar-refractivity contribution is 5.81. The van der Waals surface area contributed by atoms with Crippen molar-refractivity contribution in [3.63, 3.8) is 0 Å². The lowest BCUT2D eigenvalue weighted by Crippen LogP contribution is -2.39. The van der Waals surface area contributed by atoms with E-state index in [-0.39, 0.29) is 17.4 Å². The predicted molar refractivity (Wildman–Crippen MR) is 112 cm³/mol. The number of nitrogens with one attached hydrogen (secondary N) is 1. The average molecular weight is 368 g/mol. The van der Waals surface area contributed by atoms with Gasteiger partial charge in [-0.05, 0) is 60.9 Å². The van der Waals surface area contributed by atoms with Gasteiger partial charge in [0.1, 0.15) is 5.75 Å². The molecule has 0 aliphatic carbocycles. The van der Waals surface area contributed by atoms with Gasteiger partial charge in [-0.3, -0.25) is 4.79 Å². The van der Waals surface area contributed by atoms with Gasteiger partial charge < -0.3 is 10.1 Å². The fourth-order valence-electron chi connectivity index (χ4n) is 2.99. The molecule has 1 N–H and O–H groups in total. The Balaban J connectivity index is 2.06. The summed E-state index contributed by atoms with van der Waals surface area (Å²) in [6.45, 7) is 14.6. The van der Waals surface area contributed by atoms with Crippen molar-refractivity contribution < 1.29 is 9.53 Å². The third-order valence-corrected chi connectivity index (χ3v) is 5.12. The van der Waals surface area contributed by atoms with Crippen LogP contribution in [-0.4, -0.2) is 12.0 Å². The van der Waals surface area contributed by atoms with E-state index in [1.165, 1.54) is 5.56 Å². The Morgan fingerprint density at radius 2 is 1.70 bits per heavy atom. The number of hydrogen-bond donors (Lipinski definition) is 1. The first-order chi connectivity index (χ1) is 12.6. The summed E-state index contributed by atoms with van der Waals surface area (Å²) in [6, 6.07) is 14.3. The number of carbonyl (C=O) groups is 1. The second kappa shape index (κ2) is 8.60. The van der Waals surface area contributed by atoms with Gasteiger partial charge in [0.25, 0.3) is 5.91 Å². The van der Waals surface area contributed by atoms with Crippen LogP contribution < -0.4 is 10.1 Å². The minimum atomic E-state index is -0.498. The molecule has 2 atom stereocenters. The maximum atomic E-state index is 12.7. The molecule has 2 aromatic carbocycles. The van der Waals surface area contributed by atoms with Gasteiger partial charge in [0.05, 0.1) is 6.04 Å². The lowest BCUT2D eigenvalue weighted by Gasteiger charge is -2.23. The molecule has 0 spiro atoms. The molecule has 2 unspecified atom stereocenters. The molecule has 0 heterocycles. The molecule has 146 valence electrons. The average Bonchev–Trinajstić information content (AvgIpc) is 2.62. The number of benzene rings is 2. The summed E-state index contributed by atoms with van der Waals surface area (Å²) in [7, 11) is 0. The SMILES string of the molecule is CCC(Oc1cccc(C)c1C)C(=O)NC(C)c1ccc(C(C)(C)C)cc1. The molecular weight excluding hydrogens is 334 g/mol. The third kappa shape index (κ3) is 5.35. The molecule has 2 rings (SSSR count). The minimum Gasteiger partial charge on any atom is -0.480 e. The van der Waals surface area contributed by atoms with E-state index in [1.807, 2.05) is 45.9 Å². The zero-order chi connectivity index (χ0) is 20.2. The van der Waals surface area contributed by atoms with Crippen molar-refractivity contribution in [2.24, 2.45) is 0 Å². The molecule has 0 saturated heterocycles. The molecule has 3 nitrogen and oxygen atoms in total. The van der Waals surface area contributed by atoms with Crippen LogP contribution in [0.3, 0.4) is 0 Å². The Morgan fingerprint density at radius 1 is 1.07 bits per heavy atom. The van der Waals surface area contributed by atoms with E-state index >= 15 is 0 Å². The van der Waals surface area contributed by atoms with Crippen LogP contribution in [0.2, 0.25) is 0 Å². The highest BCUT2D eigenvalue weighted by Gasteiger charge is 2.22. The van der Waals surface area contributed by atoms with E-state index in [9.17, 15) is 4.79 Å². The molecule has 2 aromatic rings. The van der Waals surface area contributed by atoms with E-state index in [2.05, 4.69) is 50.4 Å². The lowest BCUT2D eigenvalue weighted by molar-refractivity contribution is -0.128. The second-order valence-electron chi connectivity index (χ2n) is 8.32. The Morgan fingerprint density at radius 3 is 2.26 bits per heavy atom. The largest absolute Gasteiger partial charge is 0.480 e. The Kier molecular flexibility index (Phi) is 6.69. The van der Waals surface area contributed by atoms with Gasteiger partial charge in [0.2, 0.25) is 0 Å². The first-order valence-corrected chi connectivity index (χ1v) is 9.77. The van der Waals surface area contributed by atoms with Crippen molar-refractivity contribution in [1.29, 1.82) is 0 Å². The van der Waals surface area contributed by atoms with Gasteiger partial charge in [-0.25, -0.2) is 0 Å². The van der Waals surface area contributed by atoms with Gasteiger partial charge >= 0.3 is 0 Å². The van der Waals surface area contributed by atoms with E-state index in [0.29, 0.717) is 6.42 Å². The quantitative estimate of drug-likeness (QED) is 0.718. The molecule has 3 heteroatoms. The molecule has 1 amide bonds. The highest BCUT2D eigenvalue weighted by atomic mass is 16.5.